The summed E-state index contributed by atoms with van der Waals surface area (Å²) in [5.41, 5.74) is 2.97. The van der Waals surface area contributed by atoms with Crippen molar-refractivity contribution in [2.75, 3.05) is 11.1 Å². The number of hydrogen-bond acceptors (Lipinski definition) is 5. The molecule has 0 saturated carbocycles. The number of carbonyl (C=O) groups excluding carboxylic acids is 1. The maximum Gasteiger partial charge on any atom is 0.234 e. The van der Waals surface area contributed by atoms with E-state index in [-0.39, 0.29) is 23.5 Å². The van der Waals surface area contributed by atoms with Crippen LogP contribution in [0.3, 0.4) is 0 Å². The number of nitrogens with zero attached hydrogens (tertiary/aromatic N) is 3. The first-order valence-corrected chi connectivity index (χ1v) is 11.1. The summed E-state index contributed by atoms with van der Waals surface area (Å²) >= 11 is 1.31. The van der Waals surface area contributed by atoms with E-state index in [0.29, 0.717) is 11.0 Å². The molecule has 3 rings (SSSR count). The lowest BCUT2D eigenvalue weighted by Crippen LogP contribution is -2.17. The Labute approximate surface area is 186 Å². The molecule has 1 N–H and O–H groups in total. The highest BCUT2D eigenvalue weighted by Crippen LogP contribution is 2.28. The van der Waals surface area contributed by atoms with Gasteiger partial charge in [-0.2, -0.15) is 0 Å². The van der Waals surface area contributed by atoms with Gasteiger partial charge in [-0.25, -0.2) is 4.39 Å². The summed E-state index contributed by atoms with van der Waals surface area (Å²) in [6.45, 7) is 9.79. The van der Waals surface area contributed by atoms with Crippen molar-refractivity contribution in [2.24, 2.45) is 0 Å². The second-order valence-corrected chi connectivity index (χ2v) is 8.59. The molecule has 1 atom stereocenters. The minimum atomic E-state index is -0.509. The molecule has 1 amide bonds. The third-order valence-corrected chi connectivity index (χ3v) is 5.64. The normalized spacial score (nSPS) is 12.1. The number of amides is 1. The molecule has 0 aliphatic heterocycles. The molecule has 2 aromatic carbocycles. The molecular formula is C23H27FN4O2S. The Morgan fingerprint density at radius 1 is 1.16 bits per heavy atom. The number of para-hydroxylation sites is 1. The molecule has 6 nitrogen and oxygen atoms in total. The van der Waals surface area contributed by atoms with E-state index in [9.17, 15) is 9.18 Å². The van der Waals surface area contributed by atoms with E-state index in [4.69, 9.17) is 4.74 Å². The van der Waals surface area contributed by atoms with E-state index < -0.39 is 11.9 Å². The fourth-order valence-corrected chi connectivity index (χ4v) is 4.08. The Bertz CT molecular complexity index is 1070. The van der Waals surface area contributed by atoms with Crippen molar-refractivity contribution in [3.63, 3.8) is 0 Å². The summed E-state index contributed by atoms with van der Waals surface area (Å²) in [5.74, 6) is 0.391. The third kappa shape index (κ3) is 5.64. The van der Waals surface area contributed by atoms with E-state index in [1.165, 1.54) is 17.8 Å². The summed E-state index contributed by atoms with van der Waals surface area (Å²) in [7, 11) is 0. The van der Waals surface area contributed by atoms with Crippen LogP contribution in [0, 0.1) is 19.7 Å². The van der Waals surface area contributed by atoms with Crippen LogP contribution in [0.2, 0.25) is 0 Å². The topological polar surface area (TPSA) is 69.0 Å². The van der Waals surface area contributed by atoms with Crippen LogP contribution in [-0.2, 0) is 4.79 Å². The van der Waals surface area contributed by atoms with Gasteiger partial charge < -0.3 is 14.6 Å². The predicted octanol–water partition coefficient (Wildman–Crippen LogP) is 5.49. The first-order chi connectivity index (χ1) is 14.8. The quantitative estimate of drug-likeness (QED) is 0.468. The number of anilines is 1. The Kier molecular flexibility index (Phi) is 7.33. The van der Waals surface area contributed by atoms with Crippen LogP contribution in [0.5, 0.6) is 5.75 Å². The van der Waals surface area contributed by atoms with Crippen molar-refractivity contribution in [3.05, 3.63) is 65.2 Å². The molecule has 0 bridgehead atoms. The van der Waals surface area contributed by atoms with E-state index in [1.807, 2.05) is 50.5 Å². The van der Waals surface area contributed by atoms with Crippen LogP contribution < -0.4 is 10.1 Å². The zero-order valence-electron chi connectivity index (χ0n) is 18.3. The van der Waals surface area contributed by atoms with E-state index >= 15 is 0 Å². The van der Waals surface area contributed by atoms with Crippen molar-refractivity contribution >= 4 is 23.4 Å². The molecule has 1 heterocycles. The number of ether oxygens (including phenoxy) is 1. The van der Waals surface area contributed by atoms with Gasteiger partial charge in [0.15, 0.2) is 28.7 Å². The Morgan fingerprint density at radius 2 is 1.90 bits per heavy atom. The van der Waals surface area contributed by atoms with Gasteiger partial charge in [-0.05, 0) is 58.4 Å². The molecule has 1 unspecified atom stereocenters. The van der Waals surface area contributed by atoms with Crippen LogP contribution >= 0.6 is 11.8 Å². The van der Waals surface area contributed by atoms with E-state index in [1.54, 1.807) is 25.1 Å². The molecule has 0 spiro atoms. The van der Waals surface area contributed by atoms with Crippen LogP contribution in [0.15, 0.2) is 47.6 Å². The fourth-order valence-electron chi connectivity index (χ4n) is 3.20. The van der Waals surface area contributed by atoms with Crippen molar-refractivity contribution in [3.8, 4) is 5.75 Å². The lowest BCUT2D eigenvalue weighted by molar-refractivity contribution is -0.113. The van der Waals surface area contributed by atoms with Gasteiger partial charge in [0.2, 0.25) is 5.91 Å². The van der Waals surface area contributed by atoms with Gasteiger partial charge in [0.1, 0.15) is 0 Å². The molecule has 3 aromatic rings. The maximum atomic E-state index is 14.0. The number of thioether (sulfide) groups is 1. The minimum Gasteiger partial charge on any atom is -0.480 e. The molecule has 0 radical (unpaired) electrons. The zero-order chi connectivity index (χ0) is 22.5. The summed E-state index contributed by atoms with van der Waals surface area (Å²) in [4.78, 5) is 12.5. The molecule has 164 valence electrons. The lowest BCUT2D eigenvalue weighted by Gasteiger charge is -2.19. The van der Waals surface area contributed by atoms with Gasteiger partial charge in [-0.3, -0.25) is 4.79 Å². The first kappa shape index (κ1) is 22.8. The Balaban J connectivity index is 1.70. The Morgan fingerprint density at radius 3 is 2.58 bits per heavy atom. The van der Waals surface area contributed by atoms with Gasteiger partial charge in [0.05, 0.1) is 5.75 Å². The first-order valence-electron chi connectivity index (χ1n) is 10.1. The molecule has 1 aromatic heterocycles. The highest BCUT2D eigenvalue weighted by atomic mass is 32.2. The third-order valence-electron chi connectivity index (χ3n) is 4.70. The van der Waals surface area contributed by atoms with Crippen LogP contribution in [0.25, 0.3) is 0 Å². The maximum absolute atomic E-state index is 14.0. The summed E-state index contributed by atoms with van der Waals surface area (Å²) in [5, 5.41) is 12.1. The van der Waals surface area contributed by atoms with E-state index in [2.05, 4.69) is 15.5 Å². The number of halogens is 1. The smallest absolute Gasteiger partial charge is 0.234 e. The van der Waals surface area contributed by atoms with Crippen LogP contribution in [-0.4, -0.2) is 26.4 Å². The summed E-state index contributed by atoms with van der Waals surface area (Å²) in [6, 6.07) is 12.2. The molecule has 0 aliphatic rings. The number of carbonyl (C=O) groups is 1. The Hall–Kier alpha value is -2.87. The molecule has 0 aliphatic carbocycles. The average Bonchev–Trinajstić information content (AvgIpc) is 3.15. The van der Waals surface area contributed by atoms with Gasteiger partial charge in [-0.1, -0.05) is 41.6 Å². The zero-order valence-corrected chi connectivity index (χ0v) is 19.2. The van der Waals surface area contributed by atoms with Crippen molar-refractivity contribution < 1.29 is 13.9 Å². The van der Waals surface area contributed by atoms with Crippen LogP contribution in [0.1, 0.15) is 49.9 Å². The highest BCUT2D eigenvalue weighted by molar-refractivity contribution is 7.99. The lowest BCUT2D eigenvalue weighted by atomic mass is 10.1. The average molecular weight is 443 g/mol. The number of benzene rings is 2. The number of rotatable bonds is 8. The highest BCUT2D eigenvalue weighted by Gasteiger charge is 2.23. The monoisotopic (exact) mass is 442 g/mol. The van der Waals surface area contributed by atoms with Gasteiger partial charge >= 0.3 is 0 Å². The largest absolute Gasteiger partial charge is 0.480 e. The van der Waals surface area contributed by atoms with Gasteiger partial charge in [0, 0.05) is 11.7 Å². The molecule has 0 saturated heterocycles. The van der Waals surface area contributed by atoms with Gasteiger partial charge in [0.25, 0.3) is 0 Å². The molecule has 8 heteroatoms. The fraction of sp³-hybridized carbons (Fsp3) is 0.348. The number of hydrogen-bond donors (Lipinski definition) is 1. The van der Waals surface area contributed by atoms with Gasteiger partial charge in [-0.15, -0.1) is 10.2 Å². The van der Waals surface area contributed by atoms with Crippen molar-refractivity contribution in [1.29, 1.82) is 0 Å². The molecular weight excluding hydrogens is 415 g/mol. The number of nitrogens with one attached hydrogen (secondary N) is 1. The number of aryl methyl sites for hydroxylation is 2. The predicted molar refractivity (Wildman–Crippen MR) is 121 cm³/mol. The standard InChI is InChI=1S/C23H27FN4O2S/c1-14(2)28-22(17(5)30-20-9-7-6-8-18(20)24)26-27-23(28)31-13-21(29)25-19-11-10-15(3)12-16(19)4/h6-12,14,17H,13H2,1-5H3,(H,25,29). The van der Waals surface area contributed by atoms with Crippen molar-refractivity contribution in [2.45, 2.75) is 51.9 Å². The second-order valence-electron chi connectivity index (χ2n) is 7.65. The summed E-state index contributed by atoms with van der Waals surface area (Å²) < 4.78 is 21.6. The van der Waals surface area contributed by atoms with E-state index in [0.717, 1.165) is 16.8 Å². The SMILES string of the molecule is Cc1ccc(NC(=O)CSc2nnc(C(C)Oc3ccccc3F)n2C(C)C)c(C)c1. The molecule has 31 heavy (non-hydrogen) atoms. The summed E-state index contributed by atoms with van der Waals surface area (Å²) in [6.07, 6.45) is -0.509. The minimum absolute atomic E-state index is 0.0431. The number of aromatic nitrogens is 3. The second kappa shape index (κ2) is 9.96. The van der Waals surface area contributed by atoms with Crippen LogP contribution in [0.4, 0.5) is 10.1 Å². The van der Waals surface area contributed by atoms with Crippen molar-refractivity contribution in [1.82, 2.24) is 14.8 Å². The molecule has 0 fully saturated rings.